The Morgan fingerprint density at radius 1 is 1.43 bits per heavy atom. The van der Waals surface area contributed by atoms with Gasteiger partial charge in [0.2, 0.25) is 6.08 Å². The summed E-state index contributed by atoms with van der Waals surface area (Å²) in [5.41, 5.74) is 0. The summed E-state index contributed by atoms with van der Waals surface area (Å²) in [7, 11) is 0. The fraction of sp³-hybridized carbons (Fsp3) is 0.667. The van der Waals surface area contributed by atoms with E-state index in [1.807, 2.05) is 0 Å². The smallest absolute Gasteiger partial charge is 0.231 e. The van der Waals surface area contributed by atoms with Crippen molar-refractivity contribution in [1.29, 1.82) is 5.41 Å². The van der Waals surface area contributed by atoms with Crippen LogP contribution in [0.2, 0.25) is 0 Å². The van der Waals surface area contributed by atoms with Gasteiger partial charge in [-0.1, -0.05) is 0 Å². The first-order valence-electron chi connectivity index (χ1n) is 1.59. The summed E-state index contributed by atoms with van der Waals surface area (Å²) in [4.78, 5) is 8.35. The van der Waals surface area contributed by atoms with Crippen molar-refractivity contribution in [3.05, 3.63) is 0 Å². The van der Waals surface area contributed by atoms with Gasteiger partial charge in [0, 0.05) is 0 Å². The number of hydrogen-bond donors (Lipinski definition) is 3. The molecule has 7 heavy (non-hydrogen) atoms. The van der Waals surface area contributed by atoms with Crippen LogP contribution in [0.5, 0.6) is 0 Å². The molecule has 0 amide bonds. The predicted molar refractivity (Wildman–Crippen MR) is 22.6 cm³/mol. The van der Waals surface area contributed by atoms with Crippen LogP contribution in [0.4, 0.5) is 0 Å². The molecule has 0 saturated heterocycles. The standard InChI is InChI=1S/C2H6O2.CHNO/c3-1-2-4;2-1-3/h3-4H,1-2H2;2H. The summed E-state index contributed by atoms with van der Waals surface area (Å²) >= 11 is 0. The normalized spacial score (nSPS) is 5.43. The third kappa shape index (κ3) is 641. The van der Waals surface area contributed by atoms with Gasteiger partial charge in [-0.15, -0.1) is 0 Å². The second-order valence-electron chi connectivity index (χ2n) is 0.549. The van der Waals surface area contributed by atoms with Crippen molar-refractivity contribution in [2.45, 2.75) is 0 Å². The molecule has 0 aromatic carbocycles. The molecule has 0 aliphatic carbocycles. The summed E-state index contributed by atoms with van der Waals surface area (Å²) in [6, 6.07) is 0. The highest BCUT2D eigenvalue weighted by atomic mass is 16.3. The van der Waals surface area contributed by atoms with E-state index in [2.05, 4.69) is 0 Å². The molecule has 0 bridgehead atoms. The van der Waals surface area contributed by atoms with Crippen LogP contribution in [0, 0.1) is 5.41 Å². The van der Waals surface area contributed by atoms with Gasteiger partial charge in [0.05, 0.1) is 13.2 Å². The fourth-order valence-electron chi connectivity index (χ4n) is 0. The molecular formula is C3H7NO3. The minimum atomic E-state index is -0.125. The maximum atomic E-state index is 8.35. The first kappa shape index (κ1) is 9.57. The van der Waals surface area contributed by atoms with Crippen molar-refractivity contribution in [3.8, 4) is 0 Å². The molecule has 4 nitrogen and oxygen atoms in total. The van der Waals surface area contributed by atoms with Gasteiger partial charge in [0.15, 0.2) is 0 Å². The van der Waals surface area contributed by atoms with E-state index >= 15 is 0 Å². The Labute approximate surface area is 40.9 Å². The van der Waals surface area contributed by atoms with E-state index in [1.54, 1.807) is 0 Å². The quantitative estimate of drug-likeness (QED) is 0.291. The molecule has 3 N–H and O–H groups in total. The molecule has 4 heteroatoms. The summed E-state index contributed by atoms with van der Waals surface area (Å²) in [5, 5.41) is 20.7. The number of isocyanates is 1. The molecule has 0 saturated carbocycles. The highest BCUT2D eigenvalue weighted by Crippen LogP contribution is 1.39. The van der Waals surface area contributed by atoms with Crippen LogP contribution in [0.3, 0.4) is 0 Å². The lowest BCUT2D eigenvalue weighted by Crippen LogP contribution is -1.85. The van der Waals surface area contributed by atoms with Crippen molar-refractivity contribution in [2.24, 2.45) is 0 Å². The van der Waals surface area contributed by atoms with Gasteiger partial charge in [-0.25, -0.2) is 10.2 Å². The second kappa shape index (κ2) is 18.5. The van der Waals surface area contributed by atoms with Gasteiger partial charge >= 0.3 is 0 Å². The van der Waals surface area contributed by atoms with Crippen molar-refractivity contribution >= 4 is 6.08 Å². The molecule has 0 rings (SSSR count). The predicted octanol–water partition coefficient (Wildman–Crippen LogP) is -1.13. The van der Waals surface area contributed by atoms with Gasteiger partial charge in [0.1, 0.15) is 0 Å². The molecule has 0 aliphatic rings. The zero-order valence-electron chi connectivity index (χ0n) is 3.72. The van der Waals surface area contributed by atoms with Crippen LogP contribution >= 0.6 is 0 Å². The SMILES string of the molecule is N=C=O.OCCO. The molecule has 0 aliphatic heterocycles. The highest BCUT2D eigenvalue weighted by molar-refractivity contribution is 5.26. The van der Waals surface area contributed by atoms with E-state index in [9.17, 15) is 0 Å². The van der Waals surface area contributed by atoms with Gasteiger partial charge in [-0.2, -0.15) is 0 Å². The van der Waals surface area contributed by atoms with Crippen molar-refractivity contribution in [1.82, 2.24) is 0 Å². The van der Waals surface area contributed by atoms with Crippen molar-refractivity contribution in [3.63, 3.8) is 0 Å². The van der Waals surface area contributed by atoms with E-state index in [0.717, 1.165) is 6.08 Å². The largest absolute Gasteiger partial charge is 0.394 e. The first-order valence-corrected chi connectivity index (χ1v) is 1.59. The molecule has 0 unspecified atom stereocenters. The minimum Gasteiger partial charge on any atom is -0.394 e. The number of nitrogens with one attached hydrogen (secondary N) is 1. The number of carbonyl (C=O) groups excluding carboxylic acids is 1. The van der Waals surface area contributed by atoms with Crippen LogP contribution in [0.25, 0.3) is 0 Å². The molecule has 0 aromatic rings. The zero-order chi connectivity index (χ0) is 6.12. The van der Waals surface area contributed by atoms with Crippen molar-refractivity contribution < 1.29 is 15.0 Å². The number of aliphatic hydroxyl groups excluding tert-OH is 2. The Morgan fingerprint density at radius 2 is 1.57 bits per heavy atom. The molecular weight excluding hydrogens is 98.0 g/mol. The van der Waals surface area contributed by atoms with Crippen LogP contribution in [0.15, 0.2) is 0 Å². The zero-order valence-corrected chi connectivity index (χ0v) is 3.72. The van der Waals surface area contributed by atoms with Gasteiger partial charge < -0.3 is 10.2 Å². The Morgan fingerprint density at radius 3 is 1.57 bits per heavy atom. The number of rotatable bonds is 1. The maximum Gasteiger partial charge on any atom is 0.231 e. The summed E-state index contributed by atoms with van der Waals surface area (Å²) < 4.78 is 0. The first-order chi connectivity index (χ1) is 3.33. The van der Waals surface area contributed by atoms with E-state index in [-0.39, 0.29) is 13.2 Å². The lowest BCUT2D eigenvalue weighted by atomic mass is 10.8. The topological polar surface area (TPSA) is 81.4 Å². The monoisotopic (exact) mass is 105 g/mol. The van der Waals surface area contributed by atoms with Gasteiger partial charge in [-0.05, 0) is 0 Å². The Kier molecular flexibility index (Phi) is 25.3. The number of hydrogen-bond acceptors (Lipinski definition) is 4. The van der Waals surface area contributed by atoms with Crippen LogP contribution in [0.1, 0.15) is 0 Å². The average molecular weight is 105 g/mol. The van der Waals surface area contributed by atoms with E-state index in [0.29, 0.717) is 0 Å². The molecule has 0 heterocycles. The molecule has 0 fully saturated rings. The van der Waals surface area contributed by atoms with E-state index in [1.165, 1.54) is 0 Å². The van der Waals surface area contributed by atoms with Crippen LogP contribution in [-0.4, -0.2) is 29.5 Å². The van der Waals surface area contributed by atoms with Crippen LogP contribution in [-0.2, 0) is 4.79 Å². The summed E-state index contributed by atoms with van der Waals surface area (Å²) in [6.45, 7) is -0.250. The summed E-state index contributed by atoms with van der Waals surface area (Å²) in [6.07, 6.45) is 0.750. The van der Waals surface area contributed by atoms with Gasteiger partial charge in [0.25, 0.3) is 0 Å². The van der Waals surface area contributed by atoms with Crippen molar-refractivity contribution in [2.75, 3.05) is 13.2 Å². The second-order valence-corrected chi connectivity index (χ2v) is 0.549. The Bertz CT molecular complexity index is 46.1. The Balaban J connectivity index is 0. The lowest BCUT2D eigenvalue weighted by molar-refractivity contribution is 0.186. The third-order valence-electron chi connectivity index (χ3n) is 0.1000. The molecule has 0 spiro atoms. The van der Waals surface area contributed by atoms with Gasteiger partial charge in [-0.3, -0.25) is 0 Å². The Hall–Kier alpha value is -0.700. The maximum absolute atomic E-state index is 8.35. The number of aliphatic hydroxyl groups is 2. The van der Waals surface area contributed by atoms with E-state index in [4.69, 9.17) is 20.4 Å². The molecule has 42 valence electrons. The molecule has 0 radical (unpaired) electrons. The summed E-state index contributed by atoms with van der Waals surface area (Å²) in [5.74, 6) is 0. The van der Waals surface area contributed by atoms with E-state index < -0.39 is 0 Å². The molecule has 0 atom stereocenters. The minimum absolute atomic E-state index is 0.125. The molecule has 0 aromatic heterocycles. The van der Waals surface area contributed by atoms with Crippen LogP contribution < -0.4 is 0 Å². The highest BCUT2D eigenvalue weighted by Gasteiger charge is 1.58. The average Bonchev–Trinajstić information content (AvgIpc) is 1.69. The fourth-order valence-corrected chi connectivity index (χ4v) is 0. The third-order valence-corrected chi connectivity index (χ3v) is 0.1000. The lowest BCUT2D eigenvalue weighted by Gasteiger charge is -1.70.